The lowest BCUT2D eigenvalue weighted by Gasteiger charge is -2.34. The Balaban J connectivity index is 1.32. The highest BCUT2D eigenvalue weighted by atomic mass is 16.3. The SMILES string of the molecule is O=C1C2C(C(=O)N1c1ccccc1)N1C(c3ccco3)C3C(=O)N(c4ccccc4)C(=O)C3N1C2c1ccco1. The van der Waals surface area contributed by atoms with Crippen molar-refractivity contribution in [3.8, 4) is 0 Å². The molecule has 8 rings (SSSR count). The minimum Gasteiger partial charge on any atom is -0.468 e. The summed E-state index contributed by atoms with van der Waals surface area (Å²) in [7, 11) is 0. The van der Waals surface area contributed by atoms with Crippen LogP contribution in [0.2, 0.25) is 0 Å². The highest BCUT2D eigenvalue weighted by Gasteiger charge is 2.74. The predicted molar refractivity (Wildman–Crippen MR) is 139 cm³/mol. The molecule has 40 heavy (non-hydrogen) atoms. The van der Waals surface area contributed by atoms with Crippen LogP contribution in [0, 0.1) is 11.8 Å². The fourth-order valence-corrected chi connectivity index (χ4v) is 6.97. The van der Waals surface area contributed by atoms with Crippen molar-refractivity contribution in [2.45, 2.75) is 24.2 Å². The molecular formula is C30H22N4O6. The molecule has 0 N–H and O–H groups in total. The van der Waals surface area contributed by atoms with E-state index in [0.717, 1.165) is 0 Å². The molecule has 4 aliphatic rings. The molecule has 4 saturated heterocycles. The molecule has 0 bridgehead atoms. The third kappa shape index (κ3) is 2.89. The topological polar surface area (TPSA) is 108 Å². The molecular weight excluding hydrogens is 512 g/mol. The van der Waals surface area contributed by atoms with Crippen molar-refractivity contribution in [1.29, 1.82) is 0 Å². The summed E-state index contributed by atoms with van der Waals surface area (Å²) < 4.78 is 11.6. The minimum atomic E-state index is -0.964. The van der Waals surface area contributed by atoms with Gasteiger partial charge in [-0.25, -0.2) is 19.8 Å². The van der Waals surface area contributed by atoms with Gasteiger partial charge in [-0.15, -0.1) is 0 Å². The van der Waals surface area contributed by atoms with E-state index in [2.05, 4.69) is 0 Å². The summed E-state index contributed by atoms with van der Waals surface area (Å²) in [5.41, 5.74) is 0.931. The van der Waals surface area contributed by atoms with Crippen LogP contribution in [0.5, 0.6) is 0 Å². The van der Waals surface area contributed by atoms with Gasteiger partial charge in [0, 0.05) is 0 Å². The number of hydrogen-bond donors (Lipinski definition) is 0. The van der Waals surface area contributed by atoms with Crippen molar-refractivity contribution in [3.05, 3.63) is 109 Å². The Morgan fingerprint density at radius 1 is 0.450 bits per heavy atom. The smallest absolute Gasteiger partial charge is 0.253 e. The van der Waals surface area contributed by atoms with Crippen molar-refractivity contribution in [2.24, 2.45) is 11.8 Å². The van der Waals surface area contributed by atoms with Gasteiger partial charge in [-0.05, 0) is 48.5 Å². The van der Waals surface area contributed by atoms with E-state index in [-0.39, 0.29) is 11.8 Å². The number of hydrazine groups is 1. The molecule has 0 aliphatic carbocycles. The normalized spacial score (nSPS) is 29.9. The van der Waals surface area contributed by atoms with E-state index >= 15 is 0 Å². The first-order valence-electron chi connectivity index (χ1n) is 13.1. The zero-order valence-electron chi connectivity index (χ0n) is 20.9. The second-order valence-electron chi connectivity index (χ2n) is 10.3. The fraction of sp³-hybridized carbons (Fsp3) is 0.200. The van der Waals surface area contributed by atoms with Gasteiger partial charge in [0.15, 0.2) is 0 Å². The van der Waals surface area contributed by atoms with E-state index in [1.54, 1.807) is 82.8 Å². The molecule has 0 saturated carbocycles. The highest BCUT2D eigenvalue weighted by molar-refractivity contribution is 6.26. The van der Waals surface area contributed by atoms with Gasteiger partial charge in [-0.2, -0.15) is 0 Å². The molecule has 6 unspecified atom stereocenters. The van der Waals surface area contributed by atoms with Crippen LogP contribution >= 0.6 is 0 Å². The number of anilines is 2. The Morgan fingerprint density at radius 2 is 0.850 bits per heavy atom. The summed E-state index contributed by atoms with van der Waals surface area (Å²) in [5, 5.41) is 3.49. The number of imide groups is 2. The van der Waals surface area contributed by atoms with Gasteiger partial charge in [-0.1, -0.05) is 36.4 Å². The number of rotatable bonds is 4. The summed E-state index contributed by atoms with van der Waals surface area (Å²) in [6.45, 7) is 0. The maximum Gasteiger partial charge on any atom is 0.253 e. The highest BCUT2D eigenvalue weighted by Crippen LogP contribution is 2.59. The number of amides is 4. The summed E-state index contributed by atoms with van der Waals surface area (Å²) in [6, 6.07) is 20.9. The van der Waals surface area contributed by atoms with Crippen molar-refractivity contribution in [3.63, 3.8) is 0 Å². The molecule has 6 heterocycles. The zero-order valence-corrected chi connectivity index (χ0v) is 20.9. The third-order valence-electron chi connectivity index (χ3n) is 8.42. The summed E-state index contributed by atoms with van der Waals surface area (Å²) in [4.78, 5) is 58.8. The largest absolute Gasteiger partial charge is 0.468 e. The fourth-order valence-electron chi connectivity index (χ4n) is 6.97. The second-order valence-corrected chi connectivity index (χ2v) is 10.3. The van der Waals surface area contributed by atoms with Crippen molar-refractivity contribution in [2.75, 3.05) is 9.80 Å². The molecule has 10 heteroatoms. The van der Waals surface area contributed by atoms with Crippen LogP contribution < -0.4 is 9.80 Å². The van der Waals surface area contributed by atoms with Gasteiger partial charge < -0.3 is 8.83 Å². The third-order valence-corrected chi connectivity index (χ3v) is 8.42. The maximum absolute atomic E-state index is 14.1. The van der Waals surface area contributed by atoms with Crippen molar-refractivity contribution < 1.29 is 28.0 Å². The molecule has 4 amide bonds. The predicted octanol–water partition coefficient (Wildman–Crippen LogP) is 3.32. The number of nitrogens with zero attached hydrogens (tertiary/aromatic N) is 4. The number of carbonyl (C=O) groups excluding carboxylic acids is 4. The first-order valence-corrected chi connectivity index (χ1v) is 13.1. The van der Waals surface area contributed by atoms with Gasteiger partial charge in [0.1, 0.15) is 23.6 Å². The van der Waals surface area contributed by atoms with Crippen LogP contribution in [0.4, 0.5) is 11.4 Å². The number of benzene rings is 2. The summed E-state index contributed by atoms with van der Waals surface area (Å²) in [6.07, 6.45) is 3.00. The van der Waals surface area contributed by atoms with Crippen LogP contribution in [-0.2, 0) is 19.2 Å². The number of fused-ring (bicyclic) bond motifs is 5. The standard InChI is InChI=1S/C30H22N4O6/c35-27-21-23(19-13-7-15-39-19)34-26-22(28(36)32(30(26)38)18-11-5-2-6-12-18)24(20-14-8-16-40-20)33(34)25(21)29(37)31(27)17-9-3-1-4-10-17/h1-16,21-26H. The van der Waals surface area contributed by atoms with Crippen LogP contribution in [0.25, 0.3) is 0 Å². The average molecular weight is 535 g/mol. The number of para-hydroxylation sites is 2. The Morgan fingerprint density at radius 3 is 1.20 bits per heavy atom. The molecule has 2 aromatic carbocycles. The molecule has 0 spiro atoms. The molecule has 4 aliphatic heterocycles. The minimum absolute atomic E-state index is 0.386. The van der Waals surface area contributed by atoms with Crippen LogP contribution in [0.1, 0.15) is 23.6 Å². The van der Waals surface area contributed by atoms with Gasteiger partial charge in [0.05, 0.1) is 47.8 Å². The Kier molecular flexibility index (Phi) is 4.82. The molecule has 6 atom stereocenters. The van der Waals surface area contributed by atoms with E-state index < -0.39 is 47.8 Å². The molecule has 0 radical (unpaired) electrons. The number of furan rings is 2. The molecule has 10 nitrogen and oxygen atoms in total. The van der Waals surface area contributed by atoms with Gasteiger partial charge in [-0.3, -0.25) is 19.2 Å². The lowest BCUT2D eigenvalue weighted by molar-refractivity contribution is -0.136. The lowest BCUT2D eigenvalue weighted by atomic mass is 9.87. The molecule has 4 fully saturated rings. The molecule has 2 aromatic heterocycles. The van der Waals surface area contributed by atoms with Crippen molar-refractivity contribution in [1.82, 2.24) is 10.0 Å². The maximum atomic E-state index is 14.1. The zero-order chi connectivity index (χ0) is 27.1. The Bertz CT molecular complexity index is 1510. The molecule has 198 valence electrons. The Hall–Kier alpha value is -4.80. The van der Waals surface area contributed by atoms with Gasteiger partial charge in [0.2, 0.25) is 11.8 Å². The first-order chi connectivity index (χ1) is 19.6. The molecule has 4 aromatic rings. The number of carbonyl (C=O) groups is 4. The number of hydrogen-bond acceptors (Lipinski definition) is 8. The van der Waals surface area contributed by atoms with Crippen LogP contribution in [0.15, 0.2) is 106 Å². The average Bonchev–Trinajstić information content (AvgIpc) is 3.80. The van der Waals surface area contributed by atoms with E-state index in [0.29, 0.717) is 22.9 Å². The quantitative estimate of drug-likeness (QED) is 0.367. The van der Waals surface area contributed by atoms with E-state index in [9.17, 15) is 19.2 Å². The summed E-state index contributed by atoms with van der Waals surface area (Å²) in [5.74, 6) is -2.48. The second kappa shape index (κ2) is 8.35. The van der Waals surface area contributed by atoms with E-state index in [1.165, 1.54) is 22.3 Å². The monoisotopic (exact) mass is 534 g/mol. The van der Waals surface area contributed by atoms with Gasteiger partial charge in [0.25, 0.3) is 11.8 Å². The van der Waals surface area contributed by atoms with Crippen LogP contribution in [0.3, 0.4) is 0 Å². The van der Waals surface area contributed by atoms with E-state index in [1.807, 2.05) is 12.1 Å². The van der Waals surface area contributed by atoms with Crippen molar-refractivity contribution >= 4 is 35.0 Å². The lowest BCUT2D eigenvalue weighted by Crippen LogP contribution is -2.50. The summed E-state index contributed by atoms with van der Waals surface area (Å²) >= 11 is 0. The first kappa shape index (κ1) is 23.1. The van der Waals surface area contributed by atoms with E-state index in [4.69, 9.17) is 8.83 Å². The van der Waals surface area contributed by atoms with Crippen LogP contribution in [-0.4, -0.2) is 45.7 Å². The van der Waals surface area contributed by atoms with Gasteiger partial charge >= 0.3 is 0 Å². The Labute approximate surface area is 227 Å².